The molecule has 1 heterocycles. The van der Waals surface area contributed by atoms with Gasteiger partial charge in [-0.25, -0.2) is 0 Å². The van der Waals surface area contributed by atoms with E-state index in [1.807, 2.05) is 19.0 Å². The number of furan rings is 1. The Balaban J connectivity index is 0.00000280. The minimum atomic E-state index is -0.272. The lowest BCUT2D eigenvalue weighted by molar-refractivity contribution is 0.103. The molecule has 0 bridgehead atoms. The Kier molecular flexibility index (Phi) is 6.98. The Hall–Kier alpha value is -2.22. The number of aromatic hydroxyl groups is 1. The van der Waals surface area contributed by atoms with Crippen molar-refractivity contribution in [2.45, 2.75) is 6.54 Å². The zero-order valence-electron chi connectivity index (χ0n) is 15.9. The second-order valence-corrected chi connectivity index (χ2v) is 7.20. The van der Waals surface area contributed by atoms with Crippen LogP contribution >= 0.6 is 28.3 Å². The van der Waals surface area contributed by atoms with Crippen LogP contribution in [0.25, 0.3) is 11.0 Å². The molecule has 0 unspecified atom stereocenters. The maximum Gasteiger partial charge on any atom is 0.200 e. The fraction of sp³-hybridized carbons (Fsp3) is 0.250. The van der Waals surface area contributed by atoms with Crippen molar-refractivity contribution in [3.05, 3.63) is 51.7 Å². The van der Waals surface area contributed by atoms with E-state index in [4.69, 9.17) is 13.9 Å². The molecule has 0 saturated carbocycles. The van der Waals surface area contributed by atoms with Gasteiger partial charge in [0, 0.05) is 17.5 Å². The molecule has 1 N–H and O–H groups in total. The van der Waals surface area contributed by atoms with Crippen molar-refractivity contribution >= 4 is 45.1 Å². The molecule has 8 heteroatoms. The van der Waals surface area contributed by atoms with Gasteiger partial charge in [0.15, 0.2) is 0 Å². The standard InChI is InChI=1S/C20H20BrNO5.ClH/c1-22(2)9-13-18-14(10-27-17(18)8-15(21)20(13)24)19(23)12-7-11(25-3)5-6-16(12)26-4;/h5-8,10,24H,9H2,1-4H3;1H. The molecule has 3 rings (SSSR count). The van der Waals surface area contributed by atoms with Gasteiger partial charge in [-0.2, -0.15) is 0 Å². The topological polar surface area (TPSA) is 72.1 Å². The minimum absolute atomic E-state index is 0. The van der Waals surface area contributed by atoms with Gasteiger partial charge >= 0.3 is 0 Å². The molecule has 0 fully saturated rings. The van der Waals surface area contributed by atoms with Crippen molar-refractivity contribution in [3.63, 3.8) is 0 Å². The van der Waals surface area contributed by atoms with Crippen molar-refractivity contribution < 1.29 is 23.8 Å². The number of halogens is 2. The Morgan fingerprint density at radius 2 is 1.89 bits per heavy atom. The Morgan fingerprint density at radius 3 is 2.50 bits per heavy atom. The van der Waals surface area contributed by atoms with Crippen LogP contribution in [0, 0.1) is 0 Å². The lowest BCUT2D eigenvalue weighted by atomic mass is 9.98. The number of hydrogen-bond acceptors (Lipinski definition) is 6. The van der Waals surface area contributed by atoms with Gasteiger partial charge in [0.1, 0.15) is 29.1 Å². The average molecular weight is 471 g/mol. The quantitative estimate of drug-likeness (QED) is 0.530. The monoisotopic (exact) mass is 469 g/mol. The van der Waals surface area contributed by atoms with Crippen LogP contribution in [0.15, 0.2) is 39.4 Å². The van der Waals surface area contributed by atoms with E-state index in [9.17, 15) is 9.90 Å². The molecule has 6 nitrogen and oxygen atoms in total. The number of carbonyl (C=O) groups is 1. The van der Waals surface area contributed by atoms with Crippen LogP contribution < -0.4 is 9.47 Å². The fourth-order valence-corrected chi connectivity index (χ4v) is 3.46. The van der Waals surface area contributed by atoms with Crippen molar-refractivity contribution in [1.82, 2.24) is 4.90 Å². The third kappa shape index (κ3) is 3.97. The summed E-state index contributed by atoms with van der Waals surface area (Å²) >= 11 is 3.34. The number of benzene rings is 2. The Morgan fingerprint density at radius 1 is 1.18 bits per heavy atom. The molecule has 1 aromatic heterocycles. The van der Waals surface area contributed by atoms with Crippen LogP contribution in [0.3, 0.4) is 0 Å². The van der Waals surface area contributed by atoms with Crippen molar-refractivity contribution in [2.75, 3.05) is 28.3 Å². The number of ketones is 1. The fourth-order valence-electron chi connectivity index (χ4n) is 3.01. The number of fused-ring (bicyclic) bond motifs is 1. The second kappa shape index (κ2) is 8.86. The number of rotatable bonds is 6. The van der Waals surface area contributed by atoms with Crippen molar-refractivity contribution in [2.24, 2.45) is 0 Å². The summed E-state index contributed by atoms with van der Waals surface area (Å²) in [5.41, 5.74) is 1.85. The lowest BCUT2D eigenvalue weighted by Gasteiger charge is -2.14. The zero-order chi connectivity index (χ0) is 19.7. The summed E-state index contributed by atoms with van der Waals surface area (Å²) in [7, 11) is 6.82. The van der Waals surface area contributed by atoms with E-state index in [1.165, 1.54) is 20.5 Å². The number of phenolic OH excluding ortho intramolecular Hbond substituents is 1. The maximum atomic E-state index is 13.3. The first-order valence-electron chi connectivity index (χ1n) is 8.20. The first kappa shape index (κ1) is 22.1. The summed E-state index contributed by atoms with van der Waals surface area (Å²) in [5, 5.41) is 11.1. The highest BCUT2D eigenvalue weighted by Gasteiger charge is 2.24. The van der Waals surface area contributed by atoms with Gasteiger partial charge in [-0.1, -0.05) is 0 Å². The third-order valence-corrected chi connectivity index (χ3v) is 4.87. The lowest BCUT2D eigenvalue weighted by Crippen LogP contribution is -2.12. The zero-order valence-corrected chi connectivity index (χ0v) is 18.3. The number of ether oxygens (including phenoxy) is 2. The minimum Gasteiger partial charge on any atom is -0.506 e. The van der Waals surface area contributed by atoms with E-state index in [0.717, 1.165) is 0 Å². The van der Waals surface area contributed by atoms with Gasteiger partial charge in [0.2, 0.25) is 5.78 Å². The van der Waals surface area contributed by atoms with Crippen LogP contribution in [0.2, 0.25) is 0 Å². The number of nitrogens with zero attached hydrogens (tertiary/aromatic N) is 1. The van der Waals surface area contributed by atoms with Crippen molar-refractivity contribution in [1.29, 1.82) is 0 Å². The first-order chi connectivity index (χ1) is 12.9. The molecule has 0 saturated heterocycles. The summed E-state index contributed by atoms with van der Waals surface area (Å²) < 4.78 is 16.7. The van der Waals surface area contributed by atoms with Gasteiger partial charge in [-0.05, 0) is 54.3 Å². The molecule has 0 aliphatic rings. The summed E-state index contributed by atoms with van der Waals surface area (Å²) in [6, 6.07) is 6.69. The maximum absolute atomic E-state index is 13.3. The van der Waals surface area contributed by atoms with Gasteiger partial charge in [-0.15, -0.1) is 12.4 Å². The number of carbonyl (C=O) groups excluding carboxylic acids is 1. The first-order valence-corrected chi connectivity index (χ1v) is 8.99. The molecule has 0 spiro atoms. The van der Waals surface area contributed by atoms with Crippen LogP contribution in [-0.4, -0.2) is 44.1 Å². The van der Waals surface area contributed by atoms with E-state index in [1.54, 1.807) is 24.3 Å². The molecule has 150 valence electrons. The van der Waals surface area contributed by atoms with Crippen LogP contribution in [-0.2, 0) is 6.54 Å². The molecule has 28 heavy (non-hydrogen) atoms. The number of methoxy groups -OCH3 is 2. The SMILES string of the molecule is COc1ccc(OC)c(C(=O)c2coc3cc(Br)c(O)c(CN(C)C)c23)c1.Cl. The molecule has 0 aliphatic carbocycles. The van der Waals surface area contributed by atoms with E-state index < -0.39 is 0 Å². The predicted octanol–water partition coefficient (Wildman–Crippen LogP) is 4.63. The highest BCUT2D eigenvalue weighted by Crippen LogP contribution is 2.39. The highest BCUT2D eigenvalue weighted by molar-refractivity contribution is 9.10. The number of hydrogen-bond donors (Lipinski definition) is 1. The van der Waals surface area contributed by atoms with Gasteiger partial charge in [-0.3, -0.25) is 4.79 Å². The molecule has 3 aromatic rings. The molecule has 0 amide bonds. The van der Waals surface area contributed by atoms with Crippen LogP contribution in [0.1, 0.15) is 21.5 Å². The van der Waals surface area contributed by atoms with Gasteiger partial charge in [0.25, 0.3) is 0 Å². The van der Waals surface area contributed by atoms with Crippen LogP contribution in [0.4, 0.5) is 0 Å². The molecule has 0 radical (unpaired) electrons. The highest BCUT2D eigenvalue weighted by atomic mass is 79.9. The molecule has 0 aliphatic heterocycles. The van der Waals surface area contributed by atoms with E-state index in [2.05, 4.69) is 15.9 Å². The van der Waals surface area contributed by atoms with Gasteiger partial charge < -0.3 is 23.9 Å². The van der Waals surface area contributed by atoms with Gasteiger partial charge in [0.05, 0.1) is 29.8 Å². The second-order valence-electron chi connectivity index (χ2n) is 6.34. The average Bonchev–Trinajstić information content (AvgIpc) is 3.07. The predicted molar refractivity (Wildman–Crippen MR) is 113 cm³/mol. The summed E-state index contributed by atoms with van der Waals surface area (Å²) in [5.74, 6) is 0.798. The number of phenols is 1. The summed E-state index contributed by atoms with van der Waals surface area (Å²) in [4.78, 5) is 15.2. The van der Waals surface area contributed by atoms with Crippen molar-refractivity contribution in [3.8, 4) is 17.2 Å². The summed E-state index contributed by atoms with van der Waals surface area (Å²) in [6.07, 6.45) is 1.41. The molecular weight excluding hydrogens is 450 g/mol. The smallest absolute Gasteiger partial charge is 0.200 e. The third-order valence-electron chi connectivity index (χ3n) is 4.26. The summed E-state index contributed by atoms with van der Waals surface area (Å²) in [6.45, 7) is 0.441. The molecular formula is C20H21BrClNO5. The van der Waals surface area contributed by atoms with Crippen LogP contribution in [0.5, 0.6) is 17.2 Å². The molecule has 0 atom stereocenters. The molecule has 2 aromatic carbocycles. The largest absolute Gasteiger partial charge is 0.506 e. The normalized spacial score (nSPS) is 10.8. The Labute approximate surface area is 177 Å². The Bertz CT molecular complexity index is 1020. The van der Waals surface area contributed by atoms with E-state index in [-0.39, 0.29) is 23.9 Å². The van der Waals surface area contributed by atoms with E-state index in [0.29, 0.717) is 50.2 Å². The van der Waals surface area contributed by atoms with E-state index >= 15 is 0 Å².